The van der Waals surface area contributed by atoms with Gasteiger partial charge in [-0.15, -0.1) is 0 Å². The lowest BCUT2D eigenvalue weighted by Gasteiger charge is -2.36. The van der Waals surface area contributed by atoms with Gasteiger partial charge in [-0.2, -0.15) is 0 Å². The number of likely N-dealkylation sites (tertiary alicyclic amines) is 2. The summed E-state index contributed by atoms with van der Waals surface area (Å²) in [7, 11) is 0. The molecule has 0 N–H and O–H groups in total. The smallest absolute Gasteiger partial charge is 0.256 e. The van der Waals surface area contributed by atoms with Crippen LogP contribution >= 0.6 is 0 Å². The molecule has 0 saturated carbocycles. The Kier molecular flexibility index (Phi) is 5.35. The van der Waals surface area contributed by atoms with E-state index in [-0.39, 0.29) is 17.4 Å². The summed E-state index contributed by atoms with van der Waals surface area (Å²) in [6.45, 7) is 4.70. The first-order chi connectivity index (χ1) is 12.0. The van der Waals surface area contributed by atoms with Gasteiger partial charge in [-0.3, -0.25) is 9.59 Å². The maximum absolute atomic E-state index is 13.8. The second-order valence-electron chi connectivity index (χ2n) is 7.20. The molecule has 1 aromatic carbocycles. The van der Waals surface area contributed by atoms with Crippen LogP contribution in [0.4, 0.5) is 8.78 Å². The normalized spacial score (nSPS) is 20.0. The highest BCUT2D eigenvalue weighted by Gasteiger charge is 2.32. The molecule has 2 heterocycles. The summed E-state index contributed by atoms with van der Waals surface area (Å²) in [5.41, 5.74) is -0.115. The van der Waals surface area contributed by atoms with E-state index in [9.17, 15) is 18.4 Å². The number of nitrogens with zero attached hydrogens (tertiary/aromatic N) is 2. The van der Waals surface area contributed by atoms with Gasteiger partial charge in [-0.05, 0) is 43.7 Å². The van der Waals surface area contributed by atoms with E-state index in [0.717, 1.165) is 38.1 Å². The molecule has 0 aromatic heterocycles. The summed E-state index contributed by atoms with van der Waals surface area (Å²) in [4.78, 5) is 28.5. The van der Waals surface area contributed by atoms with Crippen molar-refractivity contribution in [2.24, 2.45) is 11.8 Å². The molecule has 2 aliphatic heterocycles. The van der Waals surface area contributed by atoms with E-state index in [1.807, 2.05) is 4.90 Å². The fourth-order valence-electron chi connectivity index (χ4n) is 3.65. The average Bonchev–Trinajstić information content (AvgIpc) is 2.61. The van der Waals surface area contributed by atoms with Crippen molar-refractivity contribution < 1.29 is 18.4 Å². The number of halogens is 2. The van der Waals surface area contributed by atoms with Gasteiger partial charge in [0.1, 0.15) is 11.6 Å². The van der Waals surface area contributed by atoms with Crippen molar-refractivity contribution in [3.63, 3.8) is 0 Å². The highest BCUT2D eigenvalue weighted by atomic mass is 19.1. The molecule has 25 heavy (non-hydrogen) atoms. The molecule has 1 aromatic rings. The highest BCUT2D eigenvalue weighted by molar-refractivity contribution is 5.94. The monoisotopic (exact) mass is 350 g/mol. The Morgan fingerprint density at radius 3 is 2.16 bits per heavy atom. The third-order valence-corrected chi connectivity index (χ3v) is 5.39. The Morgan fingerprint density at radius 1 is 0.960 bits per heavy atom. The Hall–Kier alpha value is -1.98. The minimum absolute atomic E-state index is 0.0597. The second-order valence-corrected chi connectivity index (χ2v) is 7.20. The summed E-state index contributed by atoms with van der Waals surface area (Å²) in [6, 6.07) is 2.99. The third kappa shape index (κ3) is 3.99. The Bertz CT molecular complexity index is 649. The second kappa shape index (κ2) is 7.50. The fourth-order valence-corrected chi connectivity index (χ4v) is 3.65. The number of carbonyl (C=O) groups is 2. The topological polar surface area (TPSA) is 40.6 Å². The third-order valence-electron chi connectivity index (χ3n) is 5.39. The summed E-state index contributed by atoms with van der Waals surface area (Å²) >= 11 is 0. The number of hydrogen-bond acceptors (Lipinski definition) is 2. The Morgan fingerprint density at radius 2 is 1.56 bits per heavy atom. The van der Waals surface area contributed by atoms with Crippen molar-refractivity contribution in [3.05, 3.63) is 35.4 Å². The number of hydrogen-bond donors (Lipinski definition) is 0. The number of rotatable bonds is 2. The van der Waals surface area contributed by atoms with Gasteiger partial charge in [-0.25, -0.2) is 8.78 Å². The van der Waals surface area contributed by atoms with Gasteiger partial charge in [0.15, 0.2) is 0 Å². The zero-order chi connectivity index (χ0) is 18.0. The lowest BCUT2D eigenvalue weighted by Crippen LogP contribution is -2.46. The quantitative estimate of drug-likeness (QED) is 0.822. The summed E-state index contributed by atoms with van der Waals surface area (Å²) in [5, 5.41) is 0. The van der Waals surface area contributed by atoms with Crippen LogP contribution in [0.2, 0.25) is 0 Å². The molecule has 6 heteroatoms. The predicted molar refractivity (Wildman–Crippen MR) is 90.0 cm³/mol. The van der Waals surface area contributed by atoms with Crippen molar-refractivity contribution in [2.45, 2.75) is 32.6 Å². The van der Waals surface area contributed by atoms with Gasteiger partial charge < -0.3 is 9.80 Å². The minimum atomic E-state index is -0.842. The first kappa shape index (κ1) is 17.8. The molecule has 0 bridgehead atoms. The Labute approximate surface area is 146 Å². The summed E-state index contributed by atoms with van der Waals surface area (Å²) < 4.78 is 26.8. The van der Waals surface area contributed by atoms with Crippen LogP contribution in [-0.4, -0.2) is 47.8 Å². The van der Waals surface area contributed by atoms with Crippen LogP contribution in [0.5, 0.6) is 0 Å². The van der Waals surface area contributed by atoms with Gasteiger partial charge in [0.2, 0.25) is 5.91 Å². The maximum atomic E-state index is 13.8. The number of amides is 2. The van der Waals surface area contributed by atoms with E-state index in [1.54, 1.807) is 4.90 Å². The molecule has 136 valence electrons. The molecule has 0 radical (unpaired) electrons. The van der Waals surface area contributed by atoms with Crippen LogP contribution in [0, 0.1) is 23.5 Å². The van der Waals surface area contributed by atoms with Crippen LogP contribution in [0.25, 0.3) is 0 Å². The van der Waals surface area contributed by atoms with Crippen LogP contribution < -0.4 is 0 Å². The van der Waals surface area contributed by atoms with Crippen molar-refractivity contribution in [1.82, 2.24) is 9.80 Å². The van der Waals surface area contributed by atoms with Crippen molar-refractivity contribution >= 4 is 11.8 Å². The molecule has 3 rings (SSSR count). The maximum Gasteiger partial charge on any atom is 0.256 e. The average molecular weight is 350 g/mol. The molecule has 2 aliphatic rings. The number of piperidine rings is 2. The summed E-state index contributed by atoms with van der Waals surface area (Å²) in [6.07, 6.45) is 3.29. The lowest BCUT2D eigenvalue weighted by molar-refractivity contribution is -0.138. The van der Waals surface area contributed by atoms with Crippen LogP contribution in [-0.2, 0) is 4.79 Å². The first-order valence-corrected chi connectivity index (χ1v) is 8.99. The van der Waals surface area contributed by atoms with E-state index in [2.05, 4.69) is 6.92 Å². The zero-order valence-corrected chi connectivity index (χ0v) is 14.5. The van der Waals surface area contributed by atoms with Crippen LogP contribution in [0.15, 0.2) is 18.2 Å². The molecule has 4 nitrogen and oxygen atoms in total. The largest absolute Gasteiger partial charge is 0.342 e. The molecule has 0 unspecified atom stereocenters. The van der Waals surface area contributed by atoms with Crippen molar-refractivity contribution in [2.75, 3.05) is 26.2 Å². The molecule has 2 amide bonds. The van der Waals surface area contributed by atoms with Gasteiger partial charge in [0, 0.05) is 38.2 Å². The van der Waals surface area contributed by atoms with Gasteiger partial charge in [0.05, 0.1) is 5.56 Å². The van der Waals surface area contributed by atoms with E-state index >= 15 is 0 Å². The predicted octanol–water partition coefficient (Wildman–Crippen LogP) is 3.08. The van der Waals surface area contributed by atoms with E-state index < -0.39 is 17.5 Å². The van der Waals surface area contributed by atoms with Gasteiger partial charge in [0.25, 0.3) is 5.91 Å². The number of benzene rings is 1. The molecular weight excluding hydrogens is 326 g/mol. The molecule has 2 fully saturated rings. The Balaban J connectivity index is 1.56. The highest BCUT2D eigenvalue weighted by Crippen LogP contribution is 2.25. The standard InChI is InChI=1S/C19H24F2N2O2/c1-13-4-8-22(9-5-13)18(24)14-6-10-23(11-7-14)19(25)16-3-2-15(20)12-17(16)21/h2-3,12-14H,4-11H2,1H3. The van der Waals surface area contributed by atoms with E-state index in [0.29, 0.717) is 31.8 Å². The van der Waals surface area contributed by atoms with Crippen LogP contribution in [0.3, 0.4) is 0 Å². The molecule has 0 atom stereocenters. The molecule has 2 saturated heterocycles. The number of carbonyl (C=O) groups excluding carboxylic acids is 2. The fraction of sp³-hybridized carbons (Fsp3) is 0.579. The van der Waals surface area contributed by atoms with Crippen LogP contribution in [0.1, 0.15) is 43.0 Å². The van der Waals surface area contributed by atoms with E-state index in [4.69, 9.17) is 0 Å². The minimum Gasteiger partial charge on any atom is -0.342 e. The van der Waals surface area contributed by atoms with Crippen molar-refractivity contribution in [3.8, 4) is 0 Å². The summed E-state index contributed by atoms with van der Waals surface area (Å²) in [5.74, 6) is -1.17. The van der Waals surface area contributed by atoms with Crippen molar-refractivity contribution in [1.29, 1.82) is 0 Å². The van der Waals surface area contributed by atoms with Gasteiger partial charge in [-0.1, -0.05) is 6.92 Å². The van der Waals surface area contributed by atoms with Gasteiger partial charge >= 0.3 is 0 Å². The first-order valence-electron chi connectivity index (χ1n) is 8.99. The lowest BCUT2D eigenvalue weighted by atomic mass is 9.92. The molecule has 0 spiro atoms. The molecular formula is C19H24F2N2O2. The zero-order valence-electron chi connectivity index (χ0n) is 14.5. The van der Waals surface area contributed by atoms with E-state index in [1.165, 1.54) is 6.07 Å². The molecule has 0 aliphatic carbocycles. The SMILES string of the molecule is CC1CCN(C(=O)C2CCN(C(=O)c3ccc(F)cc3F)CC2)CC1.